The zero-order valence-corrected chi connectivity index (χ0v) is 11.8. The molecule has 0 heterocycles. The van der Waals surface area contributed by atoms with Crippen LogP contribution in [0.5, 0.6) is 0 Å². The van der Waals surface area contributed by atoms with Gasteiger partial charge < -0.3 is 10.4 Å². The van der Waals surface area contributed by atoms with E-state index in [2.05, 4.69) is 21.2 Å². The SMILES string of the molecule is O[C@H]1CCCC[C@@H]1Nc1ccc(Br)c(C(F)(F)F)c1. The number of benzene rings is 1. The third-order valence-electron chi connectivity index (χ3n) is 3.35. The van der Waals surface area contributed by atoms with Gasteiger partial charge in [0.05, 0.1) is 17.7 Å². The predicted octanol–water partition coefficient (Wildman–Crippen LogP) is 4.18. The number of hydrogen-bond acceptors (Lipinski definition) is 2. The van der Waals surface area contributed by atoms with Crippen LogP contribution in [0.4, 0.5) is 18.9 Å². The average Bonchev–Trinajstić information content (AvgIpc) is 2.33. The zero-order valence-electron chi connectivity index (χ0n) is 10.2. The topological polar surface area (TPSA) is 32.3 Å². The van der Waals surface area contributed by atoms with Crippen molar-refractivity contribution < 1.29 is 18.3 Å². The molecular weight excluding hydrogens is 323 g/mol. The molecule has 2 rings (SSSR count). The van der Waals surface area contributed by atoms with Gasteiger partial charge in [-0.25, -0.2) is 0 Å². The van der Waals surface area contributed by atoms with Gasteiger partial charge in [-0.1, -0.05) is 28.8 Å². The van der Waals surface area contributed by atoms with E-state index in [-0.39, 0.29) is 10.5 Å². The Balaban J connectivity index is 2.17. The van der Waals surface area contributed by atoms with E-state index in [4.69, 9.17) is 0 Å². The second kappa shape index (κ2) is 5.71. The van der Waals surface area contributed by atoms with Crippen molar-refractivity contribution in [3.63, 3.8) is 0 Å². The molecule has 0 spiro atoms. The molecule has 0 bridgehead atoms. The summed E-state index contributed by atoms with van der Waals surface area (Å²) in [7, 11) is 0. The molecule has 0 saturated heterocycles. The van der Waals surface area contributed by atoms with Crippen molar-refractivity contribution >= 4 is 21.6 Å². The number of aliphatic hydroxyl groups excluding tert-OH is 1. The van der Waals surface area contributed by atoms with E-state index in [1.165, 1.54) is 6.07 Å². The van der Waals surface area contributed by atoms with Crippen LogP contribution in [-0.2, 0) is 6.18 Å². The molecule has 1 aliphatic rings. The highest BCUT2D eigenvalue weighted by atomic mass is 79.9. The molecule has 0 aliphatic heterocycles. The van der Waals surface area contributed by atoms with Crippen molar-refractivity contribution in [2.24, 2.45) is 0 Å². The Kier molecular flexibility index (Phi) is 4.40. The monoisotopic (exact) mass is 337 g/mol. The van der Waals surface area contributed by atoms with Crippen LogP contribution in [0, 0.1) is 0 Å². The Morgan fingerprint density at radius 2 is 1.89 bits per heavy atom. The van der Waals surface area contributed by atoms with E-state index in [0.29, 0.717) is 12.1 Å². The number of rotatable bonds is 2. The summed E-state index contributed by atoms with van der Waals surface area (Å²) in [4.78, 5) is 0. The minimum atomic E-state index is -4.39. The van der Waals surface area contributed by atoms with Gasteiger partial charge in [0.25, 0.3) is 0 Å². The summed E-state index contributed by atoms with van der Waals surface area (Å²) in [5.74, 6) is 0. The zero-order chi connectivity index (χ0) is 14.0. The molecule has 1 aliphatic carbocycles. The maximum Gasteiger partial charge on any atom is 0.417 e. The molecule has 106 valence electrons. The number of alkyl halides is 3. The summed E-state index contributed by atoms with van der Waals surface area (Å²) >= 11 is 2.91. The van der Waals surface area contributed by atoms with Crippen molar-refractivity contribution in [1.82, 2.24) is 0 Å². The first-order valence-corrected chi connectivity index (χ1v) is 6.98. The maximum absolute atomic E-state index is 12.8. The second-order valence-corrected chi connectivity index (χ2v) is 5.65. The number of anilines is 1. The molecule has 6 heteroatoms. The Hall–Kier alpha value is -0.750. The predicted molar refractivity (Wildman–Crippen MR) is 71.0 cm³/mol. The summed E-state index contributed by atoms with van der Waals surface area (Å²) in [6.07, 6.45) is -1.46. The van der Waals surface area contributed by atoms with Crippen molar-refractivity contribution in [1.29, 1.82) is 0 Å². The van der Waals surface area contributed by atoms with Gasteiger partial charge in [0.1, 0.15) is 0 Å². The average molecular weight is 338 g/mol. The van der Waals surface area contributed by atoms with E-state index in [1.54, 1.807) is 6.07 Å². The van der Waals surface area contributed by atoms with E-state index in [0.717, 1.165) is 25.3 Å². The van der Waals surface area contributed by atoms with Crippen LogP contribution >= 0.6 is 15.9 Å². The van der Waals surface area contributed by atoms with Gasteiger partial charge in [-0.2, -0.15) is 13.2 Å². The lowest BCUT2D eigenvalue weighted by Crippen LogP contribution is -2.36. The lowest BCUT2D eigenvalue weighted by molar-refractivity contribution is -0.138. The molecule has 19 heavy (non-hydrogen) atoms. The van der Waals surface area contributed by atoms with Crippen LogP contribution in [0.1, 0.15) is 31.2 Å². The van der Waals surface area contributed by atoms with Gasteiger partial charge in [-0.3, -0.25) is 0 Å². The first-order valence-electron chi connectivity index (χ1n) is 6.19. The van der Waals surface area contributed by atoms with E-state index in [1.807, 2.05) is 0 Å². The Morgan fingerprint density at radius 3 is 2.53 bits per heavy atom. The Labute approximate surface area is 118 Å². The quantitative estimate of drug-likeness (QED) is 0.848. The maximum atomic E-state index is 12.8. The minimum Gasteiger partial charge on any atom is -0.391 e. The highest BCUT2D eigenvalue weighted by Gasteiger charge is 2.33. The van der Waals surface area contributed by atoms with Gasteiger partial charge in [0.15, 0.2) is 0 Å². The van der Waals surface area contributed by atoms with Gasteiger partial charge in [-0.15, -0.1) is 0 Å². The standard InChI is InChI=1S/C13H15BrF3NO/c14-10-6-5-8(7-9(10)13(15,16)17)18-11-3-1-2-4-12(11)19/h5-7,11-12,18-19H,1-4H2/t11-,12-/m0/s1. The lowest BCUT2D eigenvalue weighted by atomic mass is 9.92. The summed E-state index contributed by atoms with van der Waals surface area (Å²) in [5, 5.41) is 12.8. The number of halogens is 4. The van der Waals surface area contributed by atoms with Crippen molar-refractivity contribution in [2.45, 2.75) is 44.0 Å². The fourth-order valence-electron chi connectivity index (χ4n) is 2.33. The molecule has 2 nitrogen and oxygen atoms in total. The van der Waals surface area contributed by atoms with Crippen LogP contribution in [0.15, 0.2) is 22.7 Å². The molecule has 2 atom stereocenters. The molecule has 1 aromatic rings. The summed E-state index contributed by atoms with van der Waals surface area (Å²) in [5.41, 5.74) is -0.315. The largest absolute Gasteiger partial charge is 0.417 e. The molecule has 1 saturated carbocycles. The smallest absolute Gasteiger partial charge is 0.391 e. The first-order chi connectivity index (χ1) is 8.88. The third kappa shape index (κ3) is 3.63. The number of hydrogen-bond donors (Lipinski definition) is 2. The molecule has 0 unspecified atom stereocenters. The van der Waals surface area contributed by atoms with Crippen LogP contribution < -0.4 is 5.32 Å². The van der Waals surface area contributed by atoms with Gasteiger partial charge in [-0.05, 0) is 31.0 Å². The Bertz CT molecular complexity index is 450. The van der Waals surface area contributed by atoms with Gasteiger partial charge in [0.2, 0.25) is 0 Å². The normalized spacial score (nSPS) is 24.3. The third-order valence-corrected chi connectivity index (χ3v) is 4.04. The molecule has 0 aromatic heterocycles. The van der Waals surface area contributed by atoms with Crippen LogP contribution in [0.2, 0.25) is 0 Å². The van der Waals surface area contributed by atoms with Crippen molar-refractivity contribution in [3.05, 3.63) is 28.2 Å². The molecular formula is C13H15BrF3NO. The molecule has 1 aromatic carbocycles. The fourth-order valence-corrected chi connectivity index (χ4v) is 2.80. The summed E-state index contributed by atoms with van der Waals surface area (Å²) in [6, 6.07) is 3.86. The molecule has 2 N–H and O–H groups in total. The summed E-state index contributed by atoms with van der Waals surface area (Å²) < 4.78 is 38.4. The second-order valence-electron chi connectivity index (χ2n) is 4.80. The van der Waals surface area contributed by atoms with Gasteiger partial charge in [0, 0.05) is 10.2 Å². The van der Waals surface area contributed by atoms with Crippen molar-refractivity contribution in [2.75, 3.05) is 5.32 Å². The Morgan fingerprint density at radius 1 is 1.21 bits per heavy atom. The number of nitrogens with one attached hydrogen (secondary N) is 1. The molecule has 0 radical (unpaired) electrons. The van der Waals surface area contributed by atoms with E-state index in [9.17, 15) is 18.3 Å². The van der Waals surface area contributed by atoms with Crippen molar-refractivity contribution in [3.8, 4) is 0 Å². The van der Waals surface area contributed by atoms with Crippen LogP contribution in [0.3, 0.4) is 0 Å². The lowest BCUT2D eigenvalue weighted by Gasteiger charge is -2.29. The van der Waals surface area contributed by atoms with E-state index < -0.39 is 17.8 Å². The fraction of sp³-hybridized carbons (Fsp3) is 0.538. The van der Waals surface area contributed by atoms with Gasteiger partial charge >= 0.3 is 6.18 Å². The van der Waals surface area contributed by atoms with Crippen LogP contribution in [0.25, 0.3) is 0 Å². The van der Waals surface area contributed by atoms with Crippen LogP contribution in [-0.4, -0.2) is 17.3 Å². The first kappa shape index (κ1) is 14.7. The minimum absolute atomic E-state index is 0.0229. The highest BCUT2D eigenvalue weighted by molar-refractivity contribution is 9.10. The highest BCUT2D eigenvalue weighted by Crippen LogP contribution is 2.36. The summed E-state index contributed by atoms with van der Waals surface area (Å²) in [6.45, 7) is 0. The number of aliphatic hydroxyl groups is 1. The molecule has 1 fully saturated rings. The molecule has 0 amide bonds. The van der Waals surface area contributed by atoms with E-state index >= 15 is 0 Å².